The van der Waals surface area contributed by atoms with Gasteiger partial charge >= 0.3 is 0 Å². The Morgan fingerprint density at radius 1 is 1.29 bits per heavy atom. The second kappa shape index (κ2) is 5.19. The third-order valence-electron chi connectivity index (χ3n) is 2.75. The number of rotatable bonds is 1. The molecule has 2 rings (SSSR count). The van der Waals surface area contributed by atoms with Crippen molar-refractivity contribution in [3.63, 3.8) is 0 Å². The van der Waals surface area contributed by atoms with E-state index in [4.69, 9.17) is 39.5 Å². The van der Waals surface area contributed by atoms with E-state index < -0.39 is 0 Å². The Bertz CT molecular complexity index is 427. The van der Waals surface area contributed by atoms with E-state index in [-0.39, 0.29) is 17.3 Å². The number of hydrogen-bond acceptors (Lipinski definition) is 3. The summed E-state index contributed by atoms with van der Waals surface area (Å²) in [6, 6.07) is 1.84. The van der Waals surface area contributed by atoms with Crippen molar-refractivity contribution in [1.82, 2.24) is 4.98 Å². The molecule has 1 aromatic rings. The molecule has 0 spiro atoms. The number of halogens is 3. The van der Waals surface area contributed by atoms with Gasteiger partial charge in [0.25, 0.3) is 0 Å². The zero-order valence-corrected chi connectivity index (χ0v) is 11.9. The average molecular weight is 296 g/mol. The Kier molecular flexibility index (Phi) is 4.03. The van der Waals surface area contributed by atoms with Gasteiger partial charge in [-0.15, -0.1) is 0 Å². The molecule has 94 valence electrons. The molecule has 17 heavy (non-hydrogen) atoms. The summed E-state index contributed by atoms with van der Waals surface area (Å²) < 4.78 is 5.56. The summed E-state index contributed by atoms with van der Waals surface area (Å²) in [4.78, 5) is 6.35. The molecule has 1 aliphatic rings. The molecular weight excluding hydrogens is 282 g/mol. The first-order valence-electron chi connectivity index (χ1n) is 5.39. The number of anilines is 1. The molecule has 0 aromatic carbocycles. The summed E-state index contributed by atoms with van der Waals surface area (Å²) in [5.74, 6) is 0.670. The minimum absolute atomic E-state index is 0.151. The van der Waals surface area contributed by atoms with Crippen LogP contribution in [0.15, 0.2) is 6.07 Å². The van der Waals surface area contributed by atoms with Crippen LogP contribution < -0.4 is 4.90 Å². The first-order chi connectivity index (χ1) is 7.99. The molecule has 1 aromatic heterocycles. The zero-order chi connectivity index (χ0) is 12.6. The highest BCUT2D eigenvalue weighted by Crippen LogP contribution is 2.33. The van der Waals surface area contributed by atoms with Crippen LogP contribution in [0.2, 0.25) is 15.2 Å². The van der Waals surface area contributed by atoms with E-state index >= 15 is 0 Å². The van der Waals surface area contributed by atoms with Gasteiger partial charge in [-0.2, -0.15) is 0 Å². The maximum atomic E-state index is 6.16. The quantitative estimate of drug-likeness (QED) is 0.739. The summed E-state index contributed by atoms with van der Waals surface area (Å²) in [5, 5.41) is 1.16. The number of pyridine rings is 1. The lowest BCUT2D eigenvalue weighted by molar-refractivity contribution is 0.0340. The summed E-state index contributed by atoms with van der Waals surface area (Å²) >= 11 is 18.0. The van der Waals surface area contributed by atoms with Crippen molar-refractivity contribution in [2.24, 2.45) is 0 Å². The topological polar surface area (TPSA) is 25.4 Å². The highest BCUT2D eigenvalue weighted by molar-refractivity contribution is 6.42. The molecule has 0 bridgehead atoms. The Labute approximate surface area is 116 Å². The summed E-state index contributed by atoms with van der Waals surface area (Å²) in [7, 11) is 0. The minimum atomic E-state index is 0.151. The first kappa shape index (κ1) is 13.2. The van der Waals surface area contributed by atoms with E-state index in [0.29, 0.717) is 22.5 Å². The predicted octanol–water partition coefficient (Wildman–Crippen LogP) is 3.66. The van der Waals surface area contributed by atoms with Gasteiger partial charge in [0.1, 0.15) is 11.0 Å². The monoisotopic (exact) mass is 294 g/mol. The summed E-state index contributed by atoms with van der Waals surface area (Å²) in [6.07, 6.45) is 0.151. The zero-order valence-electron chi connectivity index (χ0n) is 9.58. The molecule has 3 nitrogen and oxygen atoms in total. The number of hydrogen-bond donors (Lipinski definition) is 0. The molecule has 2 heterocycles. The molecule has 1 saturated heterocycles. The molecule has 0 radical (unpaired) electrons. The fraction of sp³-hybridized carbons (Fsp3) is 0.545. The molecule has 1 fully saturated rings. The molecule has 0 N–H and O–H groups in total. The van der Waals surface area contributed by atoms with Crippen molar-refractivity contribution in [3.05, 3.63) is 21.3 Å². The number of aromatic nitrogens is 1. The number of morpholine rings is 1. The molecule has 2 atom stereocenters. The van der Waals surface area contributed by atoms with Crippen LogP contribution in [-0.4, -0.2) is 30.3 Å². The summed E-state index contributed by atoms with van der Waals surface area (Å²) in [6.45, 7) is 5.47. The van der Waals surface area contributed by atoms with Crippen molar-refractivity contribution in [2.75, 3.05) is 18.1 Å². The van der Waals surface area contributed by atoms with Crippen LogP contribution >= 0.6 is 34.8 Å². The maximum absolute atomic E-state index is 6.16. The van der Waals surface area contributed by atoms with Gasteiger partial charge in [0.15, 0.2) is 0 Å². The SMILES string of the molecule is CC1CN(c2nc(Cl)c(Cl)cc2Cl)C(C)CO1. The van der Waals surface area contributed by atoms with Crippen LogP contribution in [0.3, 0.4) is 0 Å². The number of ether oxygens (including phenoxy) is 1. The van der Waals surface area contributed by atoms with Gasteiger partial charge in [0.05, 0.1) is 28.8 Å². The van der Waals surface area contributed by atoms with Gasteiger partial charge in [0, 0.05) is 6.54 Å². The Hall–Kier alpha value is -0.220. The first-order valence-corrected chi connectivity index (χ1v) is 6.52. The van der Waals surface area contributed by atoms with Crippen molar-refractivity contribution in [2.45, 2.75) is 26.0 Å². The summed E-state index contributed by atoms with van der Waals surface area (Å²) in [5.41, 5.74) is 0. The Morgan fingerprint density at radius 2 is 2.00 bits per heavy atom. The molecule has 0 aliphatic carbocycles. The molecular formula is C11H13Cl3N2O. The molecule has 1 aliphatic heterocycles. The highest BCUT2D eigenvalue weighted by atomic mass is 35.5. The number of nitrogens with zero attached hydrogens (tertiary/aromatic N) is 2. The predicted molar refractivity (Wildman–Crippen MR) is 71.5 cm³/mol. The lowest BCUT2D eigenvalue weighted by atomic mass is 10.2. The molecule has 2 unspecified atom stereocenters. The normalized spacial score (nSPS) is 25.1. The van der Waals surface area contributed by atoms with Crippen LogP contribution in [0.4, 0.5) is 5.82 Å². The van der Waals surface area contributed by atoms with E-state index in [1.807, 2.05) is 6.92 Å². The van der Waals surface area contributed by atoms with Gasteiger partial charge in [-0.25, -0.2) is 4.98 Å². The Balaban J connectivity index is 2.35. The van der Waals surface area contributed by atoms with E-state index in [0.717, 1.165) is 6.54 Å². The molecule has 0 saturated carbocycles. The van der Waals surface area contributed by atoms with Crippen molar-refractivity contribution < 1.29 is 4.74 Å². The van der Waals surface area contributed by atoms with Crippen LogP contribution in [0, 0.1) is 0 Å². The lowest BCUT2D eigenvalue weighted by Gasteiger charge is -2.38. The van der Waals surface area contributed by atoms with Gasteiger partial charge in [-0.3, -0.25) is 0 Å². The van der Waals surface area contributed by atoms with Crippen molar-refractivity contribution in [1.29, 1.82) is 0 Å². The fourth-order valence-corrected chi connectivity index (χ4v) is 2.44. The average Bonchev–Trinajstić information content (AvgIpc) is 2.27. The van der Waals surface area contributed by atoms with Crippen molar-refractivity contribution >= 4 is 40.6 Å². The second-order valence-corrected chi connectivity index (χ2v) is 5.38. The third-order valence-corrected chi connectivity index (χ3v) is 3.70. The molecule has 6 heteroatoms. The van der Waals surface area contributed by atoms with Gasteiger partial charge in [0.2, 0.25) is 0 Å². The van der Waals surface area contributed by atoms with Crippen LogP contribution in [-0.2, 0) is 4.74 Å². The van der Waals surface area contributed by atoms with Crippen LogP contribution in [0.5, 0.6) is 0 Å². The largest absolute Gasteiger partial charge is 0.375 e. The van der Waals surface area contributed by atoms with E-state index in [1.54, 1.807) is 6.07 Å². The fourth-order valence-electron chi connectivity index (χ4n) is 1.83. The highest BCUT2D eigenvalue weighted by Gasteiger charge is 2.26. The second-order valence-electron chi connectivity index (χ2n) is 4.21. The Morgan fingerprint density at radius 3 is 2.71 bits per heavy atom. The maximum Gasteiger partial charge on any atom is 0.150 e. The molecule has 0 amide bonds. The standard InChI is InChI=1S/C11H13Cl3N2O/c1-6-5-17-7(2)4-16(6)11-9(13)3-8(12)10(14)15-11/h3,6-7H,4-5H2,1-2H3. The van der Waals surface area contributed by atoms with Gasteiger partial charge < -0.3 is 9.64 Å². The van der Waals surface area contributed by atoms with Gasteiger partial charge in [-0.1, -0.05) is 34.8 Å². The third kappa shape index (κ3) is 2.79. The van der Waals surface area contributed by atoms with Crippen LogP contribution in [0.25, 0.3) is 0 Å². The lowest BCUT2D eigenvalue weighted by Crippen LogP contribution is -2.47. The van der Waals surface area contributed by atoms with E-state index in [9.17, 15) is 0 Å². The van der Waals surface area contributed by atoms with Crippen LogP contribution in [0.1, 0.15) is 13.8 Å². The minimum Gasteiger partial charge on any atom is -0.375 e. The van der Waals surface area contributed by atoms with Gasteiger partial charge in [-0.05, 0) is 19.9 Å². The van der Waals surface area contributed by atoms with E-state index in [1.165, 1.54) is 0 Å². The van der Waals surface area contributed by atoms with E-state index in [2.05, 4.69) is 16.8 Å². The smallest absolute Gasteiger partial charge is 0.150 e. The van der Waals surface area contributed by atoms with Crippen molar-refractivity contribution in [3.8, 4) is 0 Å².